The number of thiocarbonyl (C=S) groups is 1. The highest BCUT2D eigenvalue weighted by atomic mass is 35.5. The summed E-state index contributed by atoms with van der Waals surface area (Å²) in [5, 5.41) is 8.48. The number of ether oxygens (including phenoxy) is 1. The maximum Gasteiger partial charge on any atom is 0.257 e. The normalized spacial score (nSPS) is 28.3. The van der Waals surface area contributed by atoms with Gasteiger partial charge in [0.1, 0.15) is 5.60 Å². The van der Waals surface area contributed by atoms with E-state index in [2.05, 4.69) is 10.4 Å². The van der Waals surface area contributed by atoms with Gasteiger partial charge in [0.05, 0.1) is 29.5 Å². The summed E-state index contributed by atoms with van der Waals surface area (Å²) < 4.78 is 7.59. The Morgan fingerprint density at radius 2 is 2.18 bits per heavy atom. The molecule has 1 aromatic carbocycles. The Balaban J connectivity index is 1.38. The number of aryl methyl sites for hydroxylation is 1. The molecule has 1 atom stereocenters. The molecule has 146 valence electrons. The number of benzene rings is 1. The lowest BCUT2D eigenvalue weighted by molar-refractivity contribution is -0.0421. The van der Waals surface area contributed by atoms with Gasteiger partial charge in [0.25, 0.3) is 11.1 Å². The van der Waals surface area contributed by atoms with Gasteiger partial charge in [0, 0.05) is 25.6 Å². The lowest BCUT2D eigenvalue weighted by Crippen LogP contribution is -2.51. The van der Waals surface area contributed by atoms with E-state index in [1.54, 1.807) is 10.9 Å². The number of hydrogen-bond acceptors (Lipinski definition) is 4. The van der Waals surface area contributed by atoms with E-state index in [0.29, 0.717) is 29.1 Å². The molecule has 1 amide bonds. The monoisotopic (exact) mass is 416 g/mol. The van der Waals surface area contributed by atoms with Crippen LogP contribution in [0.3, 0.4) is 0 Å². The summed E-state index contributed by atoms with van der Waals surface area (Å²) in [6, 6.07) is 7.85. The fourth-order valence-corrected chi connectivity index (χ4v) is 5.35. The zero-order valence-corrected chi connectivity index (χ0v) is 17.1. The molecule has 2 aliphatic heterocycles. The molecule has 6 nitrogen and oxygen atoms in total. The number of carbonyl (C=O) groups excluding carboxylic acids is 1. The summed E-state index contributed by atoms with van der Waals surface area (Å²) in [4.78, 5) is 15.2. The summed E-state index contributed by atoms with van der Waals surface area (Å²) >= 11 is 11.5. The highest BCUT2D eigenvalue weighted by molar-refractivity contribution is 7.80. The lowest BCUT2D eigenvalue weighted by Gasteiger charge is -2.45. The average molecular weight is 417 g/mol. The third kappa shape index (κ3) is 2.79. The quantitative estimate of drug-likeness (QED) is 0.776. The minimum absolute atomic E-state index is 0.0307. The van der Waals surface area contributed by atoms with Gasteiger partial charge in [-0.2, -0.15) is 5.10 Å². The van der Waals surface area contributed by atoms with Gasteiger partial charge < -0.3 is 15.0 Å². The molecule has 1 unspecified atom stereocenters. The molecule has 1 aromatic heterocycles. The largest absolute Gasteiger partial charge is 0.463 e. The molecule has 2 aromatic rings. The van der Waals surface area contributed by atoms with Crippen molar-refractivity contribution in [2.45, 2.75) is 30.9 Å². The van der Waals surface area contributed by atoms with Crippen LogP contribution in [0.1, 0.15) is 40.5 Å². The SMILES string of the molecule is Cn1ncc(Cl)c1CC1c2ccccc2C(=O)N1CC1CC2(CNC(=S)O2)C1. The summed E-state index contributed by atoms with van der Waals surface area (Å²) in [5.41, 5.74) is 2.64. The lowest BCUT2D eigenvalue weighted by atomic mass is 9.70. The number of carbonyl (C=O) groups is 1. The van der Waals surface area contributed by atoms with Crippen LogP contribution in [0.2, 0.25) is 5.02 Å². The van der Waals surface area contributed by atoms with Crippen LogP contribution >= 0.6 is 23.8 Å². The minimum atomic E-state index is -0.168. The maximum atomic E-state index is 13.2. The van der Waals surface area contributed by atoms with E-state index in [-0.39, 0.29) is 17.6 Å². The number of halogens is 1. The number of aromatic nitrogens is 2. The molecule has 1 aliphatic carbocycles. The molecule has 1 saturated carbocycles. The smallest absolute Gasteiger partial charge is 0.257 e. The van der Waals surface area contributed by atoms with Crippen molar-refractivity contribution in [2.24, 2.45) is 13.0 Å². The fraction of sp³-hybridized carbons (Fsp3) is 0.450. The van der Waals surface area contributed by atoms with E-state index in [1.807, 2.05) is 36.2 Å². The van der Waals surface area contributed by atoms with Crippen LogP contribution in [0, 0.1) is 5.92 Å². The number of nitrogens with zero attached hydrogens (tertiary/aromatic N) is 3. The Labute approximate surface area is 173 Å². The topological polar surface area (TPSA) is 59.4 Å². The Hall–Kier alpha value is -2.12. The highest BCUT2D eigenvalue weighted by Crippen LogP contribution is 2.45. The summed E-state index contributed by atoms with van der Waals surface area (Å²) in [7, 11) is 1.89. The van der Waals surface area contributed by atoms with Crippen LogP contribution in [0.4, 0.5) is 0 Å². The summed E-state index contributed by atoms with van der Waals surface area (Å²) in [6.45, 7) is 1.48. The van der Waals surface area contributed by atoms with E-state index >= 15 is 0 Å². The van der Waals surface area contributed by atoms with Crippen molar-refractivity contribution < 1.29 is 9.53 Å². The van der Waals surface area contributed by atoms with Gasteiger partial charge in [-0.25, -0.2) is 0 Å². The minimum Gasteiger partial charge on any atom is -0.463 e. The molecule has 8 heteroatoms. The summed E-state index contributed by atoms with van der Waals surface area (Å²) in [5.74, 6) is 0.506. The predicted molar refractivity (Wildman–Crippen MR) is 109 cm³/mol. The number of amides is 1. The van der Waals surface area contributed by atoms with Crippen molar-refractivity contribution in [3.63, 3.8) is 0 Å². The predicted octanol–water partition coefficient (Wildman–Crippen LogP) is 2.87. The van der Waals surface area contributed by atoms with Crippen molar-refractivity contribution >= 4 is 34.9 Å². The Bertz CT molecular complexity index is 949. The van der Waals surface area contributed by atoms with Gasteiger partial charge >= 0.3 is 0 Å². The van der Waals surface area contributed by atoms with E-state index in [9.17, 15) is 4.79 Å². The fourth-order valence-electron chi connectivity index (χ4n) is 4.86. The van der Waals surface area contributed by atoms with Crippen molar-refractivity contribution in [3.05, 3.63) is 52.3 Å². The molecule has 5 rings (SSSR count). The van der Waals surface area contributed by atoms with Crippen molar-refractivity contribution in [1.29, 1.82) is 0 Å². The first-order valence-corrected chi connectivity index (χ1v) is 10.3. The van der Waals surface area contributed by atoms with Gasteiger partial charge in [-0.3, -0.25) is 9.48 Å². The molecular weight excluding hydrogens is 396 g/mol. The Morgan fingerprint density at radius 1 is 1.39 bits per heavy atom. The first-order chi connectivity index (χ1) is 13.5. The van der Waals surface area contributed by atoms with Crippen LogP contribution in [-0.2, 0) is 18.2 Å². The van der Waals surface area contributed by atoms with E-state index < -0.39 is 0 Å². The first kappa shape index (κ1) is 17.9. The molecule has 28 heavy (non-hydrogen) atoms. The number of hydrogen-bond donors (Lipinski definition) is 1. The number of rotatable bonds is 4. The van der Waals surface area contributed by atoms with Crippen LogP contribution in [0.25, 0.3) is 0 Å². The summed E-state index contributed by atoms with van der Waals surface area (Å²) in [6.07, 6.45) is 4.14. The van der Waals surface area contributed by atoms with Gasteiger partial charge in [0.15, 0.2) is 0 Å². The van der Waals surface area contributed by atoms with Crippen LogP contribution in [0.5, 0.6) is 0 Å². The van der Waals surface area contributed by atoms with E-state index in [4.69, 9.17) is 28.6 Å². The van der Waals surface area contributed by atoms with Crippen molar-refractivity contribution in [1.82, 2.24) is 20.0 Å². The second-order valence-corrected chi connectivity index (χ2v) is 8.81. The van der Waals surface area contributed by atoms with E-state index in [1.165, 1.54) is 0 Å². The number of nitrogens with one attached hydrogen (secondary N) is 1. The average Bonchev–Trinajstić information content (AvgIpc) is 3.27. The molecule has 1 N–H and O–H groups in total. The van der Waals surface area contributed by atoms with Gasteiger partial charge in [0.2, 0.25) is 0 Å². The third-order valence-corrected chi connectivity index (χ3v) is 6.77. The highest BCUT2D eigenvalue weighted by Gasteiger charge is 2.51. The second-order valence-electron chi connectivity index (χ2n) is 8.03. The standard InChI is InChI=1S/C20H21ClN4O2S/c1-24-17(15(21)9-23-24)6-16-13-4-2-3-5-14(13)18(26)25(16)10-12-7-20(8-12)11-22-19(28)27-20/h2-5,9,12,16H,6-8,10-11H2,1H3,(H,22,28). The Morgan fingerprint density at radius 3 is 2.86 bits per heavy atom. The molecule has 1 spiro atoms. The van der Waals surface area contributed by atoms with Crippen molar-refractivity contribution in [2.75, 3.05) is 13.1 Å². The van der Waals surface area contributed by atoms with Crippen molar-refractivity contribution in [3.8, 4) is 0 Å². The molecule has 3 aliphatic rings. The van der Waals surface area contributed by atoms with Crippen LogP contribution in [0.15, 0.2) is 30.5 Å². The van der Waals surface area contributed by atoms with Gasteiger partial charge in [-0.1, -0.05) is 29.8 Å². The third-order valence-electron chi connectivity index (χ3n) is 6.22. The zero-order valence-electron chi connectivity index (χ0n) is 15.5. The molecular formula is C20H21ClN4O2S. The van der Waals surface area contributed by atoms with Crippen LogP contribution < -0.4 is 5.32 Å². The zero-order chi connectivity index (χ0) is 19.5. The van der Waals surface area contributed by atoms with Gasteiger partial charge in [-0.15, -0.1) is 0 Å². The molecule has 0 radical (unpaired) electrons. The Kier molecular flexibility index (Phi) is 4.14. The first-order valence-electron chi connectivity index (χ1n) is 9.49. The molecule has 0 bridgehead atoms. The van der Waals surface area contributed by atoms with E-state index in [0.717, 1.165) is 36.2 Å². The molecule has 1 saturated heterocycles. The van der Waals surface area contributed by atoms with Crippen LogP contribution in [-0.4, -0.2) is 44.5 Å². The molecule has 2 fully saturated rings. The van der Waals surface area contributed by atoms with Gasteiger partial charge in [-0.05, 0) is 42.6 Å². The maximum absolute atomic E-state index is 13.2. The number of fused-ring (bicyclic) bond motifs is 1. The molecule has 3 heterocycles. The second kappa shape index (κ2) is 6.46.